The number of ether oxygens (including phenoxy) is 1. The fourth-order valence-corrected chi connectivity index (χ4v) is 2.96. The highest BCUT2D eigenvalue weighted by Crippen LogP contribution is 2.25. The maximum absolute atomic E-state index is 12.2. The zero-order chi connectivity index (χ0) is 20.4. The minimum atomic E-state index is -1.01. The molecule has 2 aromatic rings. The van der Waals surface area contributed by atoms with E-state index in [1.54, 1.807) is 36.4 Å². The third kappa shape index (κ3) is 7.32. The summed E-state index contributed by atoms with van der Waals surface area (Å²) >= 11 is 1.37. The van der Waals surface area contributed by atoms with E-state index in [2.05, 4.69) is 10.6 Å². The molecule has 2 amide bonds. The fraction of sp³-hybridized carbons (Fsp3) is 0.250. The van der Waals surface area contributed by atoms with Crippen LogP contribution in [0.15, 0.2) is 53.4 Å². The van der Waals surface area contributed by atoms with Crippen molar-refractivity contribution in [3.63, 3.8) is 0 Å². The number of hydrogen-bond acceptors (Lipinski definition) is 5. The van der Waals surface area contributed by atoms with Gasteiger partial charge in [-0.15, -0.1) is 11.8 Å². The molecule has 7 nitrogen and oxygen atoms in total. The molecule has 2 aromatic carbocycles. The van der Waals surface area contributed by atoms with Crippen molar-refractivity contribution in [3.8, 4) is 5.75 Å². The predicted octanol–water partition coefficient (Wildman–Crippen LogP) is 3.62. The van der Waals surface area contributed by atoms with Crippen LogP contribution in [0.4, 0.5) is 11.4 Å². The Morgan fingerprint density at radius 1 is 0.964 bits per heavy atom. The van der Waals surface area contributed by atoms with Crippen LogP contribution in [-0.4, -0.2) is 35.2 Å². The molecular formula is C20H22N2O5S. The summed E-state index contributed by atoms with van der Waals surface area (Å²) in [5.74, 6) is -0.654. The lowest BCUT2D eigenvalue weighted by Crippen LogP contribution is -2.15. The summed E-state index contributed by atoms with van der Waals surface area (Å²) in [5, 5.41) is 14.1. The van der Waals surface area contributed by atoms with Crippen LogP contribution in [0.2, 0.25) is 0 Å². The molecule has 8 heteroatoms. The minimum Gasteiger partial charge on any atom is -0.492 e. The van der Waals surface area contributed by atoms with Crippen LogP contribution >= 0.6 is 11.8 Å². The van der Waals surface area contributed by atoms with Gasteiger partial charge < -0.3 is 20.5 Å². The van der Waals surface area contributed by atoms with Crippen LogP contribution in [0.1, 0.15) is 19.8 Å². The van der Waals surface area contributed by atoms with Crippen molar-refractivity contribution in [1.29, 1.82) is 0 Å². The molecule has 0 aliphatic carbocycles. The van der Waals surface area contributed by atoms with Crippen LogP contribution in [0.3, 0.4) is 0 Å². The molecule has 0 fully saturated rings. The van der Waals surface area contributed by atoms with E-state index in [9.17, 15) is 14.4 Å². The van der Waals surface area contributed by atoms with Gasteiger partial charge in [-0.1, -0.05) is 12.1 Å². The molecule has 0 heterocycles. The molecule has 3 N–H and O–H groups in total. The number of para-hydroxylation sites is 2. The standard InChI is InChI=1S/C20H22N2O5S/c1-2-27-17-6-4-3-5-16(17)22-19(24)13-28-15-9-7-14(8-10-15)21-18(23)11-12-20(25)26/h3-10H,2,11-13H2,1H3,(H,21,23)(H,22,24)(H,25,26). The van der Waals surface area contributed by atoms with Gasteiger partial charge in [-0.2, -0.15) is 0 Å². The number of rotatable bonds is 10. The van der Waals surface area contributed by atoms with Crippen molar-refractivity contribution in [2.24, 2.45) is 0 Å². The van der Waals surface area contributed by atoms with Gasteiger partial charge in [0, 0.05) is 17.0 Å². The number of aliphatic carboxylic acids is 1. The predicted molar refractivity (Wildman–Crippen MR) is 109 cm³/mol. The Morgan fingerprint density at radius 3 is 2.36 bits per heavy atom. The number of amides is 2. The molecule has 0 bridgehead atoms. The molecule has 148 valence electrons. The average molecular weight is 402 g/mol. The smallest absolute Gasteiger partial charge is 0.303 e. The second kappa shape index (κ2) is 11.0. The number of anilines is 2. The summed E-state index contributed by atoms with van der Waals surface area (Å²) in [5.41, 5.74) is 1.21. The van der Waals surface area contributed by atoms with Crippen LogP contribution in [0, 0.1) is 0 Å². The third-order valence-corrected chi connectivity index (χ3v) is 4.55. The lowest BCUT2D eigenvalue weighted by molar-refractivity contribution is -0.138. The minimum absolute atomic E-state index is 0.0742. The van der Waals surface area contributed by atoms with Gasteiger partial charge in [0.2, 0.25) is 11.8 Å². The summed E-state index contributed by atoms with van der Waals surface area (Å²) in [6.45, 7) is 2.40. The van der Waals surface area contributed by atoms with E-state index in [1.165, 1.54) is 11.8 Å². The van der Waals surface area contributed by atoms with Gasteiger partial charge in [-0.3, -0.25) is 14.4 Å². The van der Waals surface area contributed by atoms with Gasteiger partial charge >= 0.3 is 5.97 Å². The summed E-state index contributed by atoms with van der Waals surface area (Å²) in [6, 6.07) is 14.3. The first-order valence-corrected chi connectivity index (χ1v) is 9.72. The van der Waals surface area contributed by atoms with Gasteiger partial charge in [0.15, 0.2) is 0 Å². The van der Waals surface area contributed by atoms with E-state index >= 15 is 0 Å². The first kappa shape index (κ1) is 21.3. The second-order valence-electron chi connectivity index (χ2n) is 5.73. The van der Waals surface area contributed by atoms with Crippen molar-refractivity contribution in [2.45, 2.75) is 24.7 Å². The Balaban J connectivity index is 1.82. The number of carboxylic acids is 1. The zero-order valence-electron chi connectivity index (χ0n) is 15.4. The number of benzene rings is 2. The molecule has 0 saturated heterocycles. The summed E-state index contributed by atoms with van der Waals surface area (Å²) in [7, 11) is 0. The molecule has 0 aliphatic heterocycles. The van der Waals surface area contributed by atoms with Crippen molar-refractivity contribution < 1.29 is 24.2 Å². The number of carbonyl (C=O) groups is 3. The van der Waals surface area contributed by atoms with E-state index in [-0.39, 0.29) is 30.4 Å². The van der Waals surface area contributed by atoms with Crippen molar-refractivity contribution >= 4 is 40.9 Å². The number of carboxylic acid groups (broad SMARTS) is 1. The molecule has 2 rings (SSSR count). The van der Waals surface area contributed by atoms with E-state index < -0.39 is 5.97 Å². The number of hydrogen-bond donors (Lipinski definition) is 3. The molecule has 0 unspecified atom stereocenters. The van der Waals surface area contributed by atoms with Gasteiger partial charge in [0.05, 0.1) is 24.5 Å². The maximum atomic E-state index is 12.2. The van der Waals surface area contributed by atoms with Crippen LogP contribution in [-0.2, 0) is 14.4 Å². The first-order valence-electron chi connectivity index (χ1n) is 8.74. The van der Waals surface area contributed by atoms with E-state index in [0.29, 0.717) is 23.7 Å². The second-order valence-corrected chi connectivity index (χ2v) is 6.78. The number of thioether (sulfide) groups is 1. The van der Waals surface area contributed by atoms with E-state index in [0.717, 1.165) is 4.90 Å². The Hall–Kier alpha value is -3.00. The lowest BCUT2D eigenvalue weighted by atomic mass is 10.2. The lowest BCUT2D eigenvalue weighted by Gasteiger charge is -2.11. The Kier molecular flexibility index (Phi) is 8.36. The highest BCUT2D eigenvalue weighted by Gasteiger charge is 2.09. The maximum Gasteiger partial charge on any atom is 0.303 e. The average Bonchev–Trinajstić information content (AvgIpc) is 2.67. The molecule has 0 spiro atoms. The van der Waals surface area contributed by atoms with Crippen LogP contribution in [0.25, 0.3) is 0 Å². The molecule has 0 saturated carbocycles. The summed E-state index contributed by atoms with van der Waals surface area (Å²) < 4.78 is 5.49. The van der Waals surface area contributed by atoms with Gasteiger partial charge in [-0.05, 0) is 43.3 Å². The third-order valence-electron chi connectivity index (χ3n) is 3.53. The Bertz CT molecular complexity index is 824. The SMILES string of the molecule is CCOc1ccccc1NC(=O)CSc1ccc(NC(=O)CCC(=O)O)cc1. The van der Waals surface area contributed by atoms with Crippen LogP contribution < -0.4 is 15.4 Å². The highest BCUT2D eigenvalue weighted by atomic mass is 32.2. The van der Waals surface area contributed by atoms with E-state index in [1.807, 2.05) is 19.1 Å². The fourth-order valence-electron chi connectivity index (χ4n) is 2.26. The number of nitrogens with one attached hydrogen (secondary N) is 2. The topological polar surface area (TPSA) is 105 Å². The Morgan fingerprint density at radius 2 is 1.68 bits per heavy atom. The molecule has 0 atom stereocenters. The first-order chi connectivity index (χ1) is 13.5. The molecule has 0 aromatic heterocycles. The van der Waals surface area contributed by atoms with Crippen molar-refractivity contribution in [2.75, 3.05) is 23.0 Å². The normalized spacial score (nSPS) is 10.2. The molecule has 0 radical (unpaired) electrons. The zero-order valence-corrected chi connectivity index (χ0v) is 16.3. The van der Waals surface area contributed by atoms with Crippen LogP contribution in [0.5, 0.6) is 5.75 Å². The van der Waals surface area contributed by atoms with Crippen molar-refractivity contribution in [3.05, 3.63) is 48.5 Å². The van der Waals surface area contributed by atoms with Gasteiger partial charge in [0.1, 0.15) is 5.75 Å². The monoisotopic (exact) mass is 402 g/mol. The number of carbonyl (C=O) groups excluding carboxylic acids is 2. The molecule has 0 aliphatic rings. The quantitative estimate of drug-likeness (QED) is 0.524. The molecule has 28 heavy (non-hydrogen) atoms. The van der Waals surface area contributed by atoms with E-state index in [4.69, 9.17) is 9.84 Å². The molecular weight excluding hydrogens is 380 g/mol. The van der Waals surface area contributed by atoms with Gasteiger partial charge in [0.25, 0.3) is 0 Å². The summed E-state index contributed by atoms with van der Waals surface area (Å²) in [4.78, 5) is 35.2. The summed E-state index contributed by atoms with van der Waals surface area (Å²) in [6.07, 6.45) is -0.281. The highest BCUT2D eigenvalue weighted by molar-refractivity contribution is 8.00. The van der Waals surface area contributed by atoms with Crippen molar-refractivity contribution in [1.82, 2.24) is 0 Å². The largest absolute Gasteiger partial charge is 0.492 e. The Labute approximate surface area is 167 Å². The van der Waals surface area contributed by atoms with Gasteiger partial charge in [-0.25, -0.2) is 0 Å².